The first-order valence-corrected chi connectivity index (χ1v) is 6.57. The van der Waals surface area contributed by atoms with Gasteiger partial charge >= 0.3 is 0 Å². The van der Waals surface area contributed by atoms with Crippen LogP contribution in [0.4, 0.5) is 0 Å². The van der Waals surface area contributed by atoms with Gasteiger partial charge in [0, 0.05) is 31.2 Å². The van der Waals surface area contributed by atoms with Crippen LogP contribution in [0.5, 0.6) is 0 Å². The number of aryl methyl sites for hydroxylation is 3. The number of rotatable bonds is 4. The summed E-state index contributed by atoms with van der Waals surface area (Å²) >= 11 is 0. The van der Waals surface area contributed by atoms with Gasteiger partial charge in [-0.3, -0.25) is 14.9 Å². The van der Waals surface area contributed by atoms with Crippen LogP contribution in [0.1, 0.15) is 28.1 Å². The highest BCUT2D eigenvalue weighted by Gasteiger charge is 2.06. The van der Waals surface area contributed by atoms with Gasteiger partial charge in [-0.15, -0.1) is 0 Å². The molecule has 0 aliphatic rings. The molecule has 19 heavy (non-hydrogen) atoms. The highest BCUT2D eigenvalue weighted by molar-refractivity contribution is 5.22. The molecule has 0 atom stereocenters. The topological polar surface area (TPSA) is 29.0 Å². The Balaban J connectivity index is 2.05. The molecule has 0 aliphatic heterocycles. The van der Waals surface area contributed by atoms with E-state index >= 15 is 0 Å². The summed E-state index contributed by atoms with van der Waals surface area (Å²) in [5, 5.41) is 0. The molecule has 2 aromatic heterocycles. The molecule has 0 bridgehead atoms. The molecule has 0 aliphatic carbocycles. The zero-order valence-corrected chi connectivity index (χ0v) is 12.1. The summed E-state index contributed by atoms with van der Waals surface area (Å²) in [6.07, 6.45) is 3.77. The molecule has 3 heteroatoms. The smallest absolute Gasteiger partial charge is 0.0549 e. The average molecular weight is 255 g/mol. The van der Waals surface area contributed by atoms with Crippen LogP contribution in [0.25, 0.3) is 0 Å². The number of nitrogens with zero attached hydrogens (tertiary/aromatic N) is 3. The maximum absolute atomic E-state index is 4.58. The molecular formula is C16H21N3. The summed E-state index contributed by atoms with van der Waals surface area (Å²) in [5.41, 5.74) is 6.05. The van der Waals surface area contributed by atoms with E-state index in [0.717, 1.165) is 24.5 Å². The van der Waals surface area contributed by atoms with Crippen LogP contribution in [0.3, 0.4) is 0 Å². The Morgan fingerprint density at radius 1 is 1.11 bits per heavy atom. The average Bonchev–Trinajstić information content (AvgIpc) is 2.30. The SMILES string of the molecule is Cc1cc(C)nc(CN(C)Cc2ccncc2C)c1. The Labute approximate surface area is 115 Å². The van der Waals surface area contributed by atoms with Crippen molar-refractivity contribution >= 4 is 0 Å². The third kappa shape index (κ3) is 3.86. The van der Waals surface area contributed by atoms with E-state index in [-0.39, 0.29) is 0 Å². The maximum atomic E-state index is 4.58. The quantitative estimate of drug-likeness (QED) is 0.841. The van der Waals surface area contributed by atoms with Crippen molar-refractivity contribution in [2.24, 2.45) is 0 Å². The summed E-state index contributed by atoms with van der Waals surface area (Å²) in [6, 6.07) is 6.35. The predicted molar refractivity (Wildman–Crippen MR) is 77.9 cm³/mol. The second-order valence-corrected chi connectivity index (χ2v) is 5.25. The van der Waals surface area contributed by atoms with Crippen LogP contribution in [0, 0.1) is 20.8 Å². The van der Waals surface area contributed by atoms with E-state index in [9.17, 15) is 0 Å². The van der Waals surface area contributed by atoms with Gasteiger partial charge in [0.2, 0.25) is 0 Å². The lowest BCUT2D eigenvalue weighted by atomic mass is 10.1. The molecule has 0 aromatic carbocycles. The van der Waals surface area contributed by atoms with Crippen molar-refractivity contribution < 1.29 is 0 Å². The van der Waals surface area contributed by atoms with Gasteiger partial charge in [-0.05, 0) is 62.7 Å². The lowest BCUT2D eigenvalue weighted by Crippen LogP contribution is -2.19. The third-order valence-electron chi connectivity index (χ3n) is 3.16. The first-order valence-electron chi connectivity index (χ1n) is 6.57. The number of aromatic nitrogens is 2. The molecule has 0 spiro atoms. The van der Waals surface area contributed by atoms with Crippen LogP contribution in [0.2, 0.25) is 0 Å². The molecular weight excluding hydrogens is 234 g/mol. The molecule has 0 amide bonds. The van der Waals surface area contributed by atoms with Gasteiger partial charge in [0.15, 0.2) is 0 Å². The van der Waals surface area contributed by atoms with E-state index in [4.69, 9.17) is 0 Å². The van der Waals surface area contributed by atoms with Crippen molar-refractivity contribution in [3.63, 3.8) is 0 Å². The normalized spacial score (nSPS) is 11.0. The van der Waals surface area contributed by atoms with Crippen molar-refractivity contribution in [2.75, 3.05) is 7.05 Å². The van der Waals surface area contributed by atoms with Crippen LogP contribution in [-0.2, 0) is 13.1 Å². The van der Waals surface area contributed by atoms with Crippen molar-refractivity contribution in [3.05, 3.63) is 58.7 Å². The predicted octanol–water partition coefficient (Wildman–Crippen LogP) is 3.03. The Morgan fingerprint density at radius 2 is 1.89 bits per heavy atom. The lowest BCUT2D eigenvalue weighted by Gasteiger charge is -2.18. The highest BCUT2D eigenvalue weighted by atomic mass is 15.1. The van der Waals surface area contributed by atoms with Crippen LogP contribution in [-0.4, -0.2) is 21.9 Å². The van der Waals surface area contributed by atoms with Crippen molar-refractivity contribution in [1.82, 2.24) is 14.9 Å². The standard InChI is InChI=1S/C16H21N3/c1-12-7-14(3)18-16(8-12)11-19(4)10-15-5-6-17-9-13(15)2/h5-9H,10-11H2,1-4H3. The van der Waals surface area contributed by atoms with E-state index in [2.05, 4.69) is 54.0 Å². The molecule has 100 valence electrons. The summed E-state index contributed by atoms with van der Waals surface area (Å²) in [4.78, 5) is 11.0. The Kier molecular flexibility index (Phi) is 4.27. The van der Waals surface area contributed by atoms with Gasteiger partial charge < -0.3 is 0 Å². The largest absolute Gasteiger partial charge is 0.296 e. The number of hydrogen-bond donors (Lipinski definition) is 0. The minimum Gasteiger partial charge on any atom is -0.296 e. The fraction of sp³-hybridized carbons (Fsp3) is 0.375. The maximum Gasteiger partial charge on any atom is 0.0549 e. The Hall–Kier alpha value is -1.74. The Morgan fingerprint density at radius 3 is 2.58 bits per heavy atom. The van der Waals surface area contributed by atoms with E-state index < -0.39 is 0 Å². The molecule has 0 radical (unpaired) electrons. The monoisotopic (exact) mass is 255 g/mol. The molecule has 0 saturated carbocycles. The van der Waals surface area contributed by atoms with E-state index in [1.165, 1.54) is 16.7 Å². The number of pyridine rings is 2. The summed E-state index contributed by atoms with van der Waals surface area (Å²) in [7, 11) is 2.12. The summed E-state index contributed by atoms with van der Waals surface area (Å²) in [5.74, 6) is 0. The van der Waals surface area contributed by atoms with Crippen molar-refractivity contribution in [3.8, 4) is 0 Å². The molecule has 2 heterocycles. The molecule has 0 fully saturated rings. The fourth-order valence-corrected chi connectivity index (χ4v) is 2.31. The highest BCUT2D eigenvalue weighted by Crippen LogP contribution is 2.11. The first kappa shape index (κ1) is 13.7. The van der Waals surface area contributed by atoms with Gasteiger partial charge in [-0.1, -0.05) is 0 Å². The molecule has 0 unspecified atom stereocenters. The number of hydrogen-bond acceptors (Lipinski definition) is 3. The fourth-order valence-electron chi connectivity index (χ4n) is 2.31. The molecule has 0 saturated heterocycles. The van der Waals surface area contributed by atoms with E-state index in [0.29, 0.717) is 0 Å². The lowest BCUT2D eigenvalue weighted by molar-refractivity contribution is 0.314. The zero-order chi connectivity index (χ0) is 13.8. The van der Waals surface area contributed by atoms with Crippen LogP contribution in [0.15, 0.2) is 30.6 Å². The van der Waals surface area contributed by atoms with Crippen molar-refractivity contribution in [2.45, 2.75) is 33.9 Å². The van der Waals surface area contributed by atoms with Crippen LogP contribution >= 0.6 is 0 Å². The van der Waals surface area contributed by atoms with Crippen molar-refractivity contribution in [1.29, 1.82) is 0 Å². The van der Waals surface area contributed by atoms with Gasteiger partial charge in [0.1, 0.15) is 0 Å². The van der Waals surface area contributed by atoms with Gasteiger partial charge in [0.25, 0.3) is 0 Å². The first-order chi connectivity index (χ1) is 9.04. The molecule has 3 nitrogen and oxygen atoms in total. The van der Waals surface area contributed by atoms with E-state index in [1.54, 1.807) is 0 Å². The van der Waals surface area contributed by atoms with Gasteiger partial charge in [-0.2, -0.15) is 0 Å². The van der Waals surface area contributed by atoms with Crippen LogP contribution < -0.4 is 0 Å². The Bertz CT molecular complexity index is 543. The minimum absolute atomic E-state index is 0.865. The van der Waals surface area contributed by atoms with Gasteiger partial charge in [0.05, 0.1) is 5.69 Å². The zero-order valence-electron chi connectivity index (χ0n) is 12.1. The van der Waals surface area contributed by atoms with Gasteiger partial charge in [-0.25, -0.2) is 0 Å². The molecule has 0 N–H and O–H groups in total. The molecule has 2 rings (SSSR count). The second kappa shape index (κ2) is 5.93. The second-order valence-electron chi connectivity index (χ2n) is 5.25. The molecule has 2 aromatic rings. The third-order valence-corrected chi connectivity index (χ3v) is 3.16. The minimum atomic E-state index is 0.865. The van der Waals surface area contributed by atoms with E-state index in [1.807, 2.05) is 19.3 Å². The summed E-state index contributed by atoms with van der Waals surface area (Å²) in [6.45, 7) is 8.05. The summed E-state index contributed by atoms with van der Waals surface area (Å²) < 4.78 is 0.